The number of benzene rings is 1. The Balaban J connectivity index is 1.78. The van der Waals surface area contributed by atoms with Crippen LogP contribution >= 0.6 is 23.1 Å². The fourth-order valence-corrected chi connectivity index (χ4v) is 5.16. The van der Waals surface area contributed by atoms with Crippen LogP contribution < -0.4 is 5.32 Å². The monoisotopic (exact) mass is 419 g/mol. The van der Waals surface area contributed by atoms with E-state index in [2.05, 4.69) is 5.32 Å². The first-order valence-corrected chi connectivity index (χ1v) is 10.6. The number of rotatable bonds is 6. The Kier molecular flexibility index (Phi) is 6.41. The summed E-state index contributed by atoms with van der Waals surface area (Å²) >= 11 is 2.74. The number of carbonyl (C=O) groups excluding carboxylic acids is 3. The lowest BCUT2D eigenvalue weighted by molar-refractivity contribution is -0.142. The van der Waals surface area contributed by atoms with Gasteiger partial charge in [0.2, 0.25) is 5.91 Å². The highest BCUT2D eigenvalue weighted by Crippen LogP contribution is 2.45. The van der Waals surface area contributed by atoms with E-state index in [0.717, 1.165) is 15.3 Å². The van der Waals surface area contributed by atoms with E-state index in [9.17, 15) is 14.4 Å². The van der Waals surface area contributed by atoms with Crippen molar-refractivity contribution in [2.45, 2.75) is 30.6 Å². The molecule has 3 rings (SSSR count). The predicted octanol–water partition coefficient (Wildman–Crippen LogP) is 3.78. The fourth-order valence-electron chi connectivity index (χ4n) is 3.18. The number of anilines is 1. The minimum Gasteiger partial charge on any atom is -0.469 e. The number of carbonyl (C=O) groups is 3. The van der Waals surface area contributed by atoms with Crippen LogP contribution in [-0.4, -0.2) is 37.8 Å². The highest BCUT2D eigenvalue weighted by atomic mass is 32.2. The molecular formula is C20H21NO5S2. The van der Waals surface area contributed by atoms with Gasteiger partial charge in [0.15, 0.2) is 0 Å². The quantitative estimate of drug-likeness (QED) is 0.567. The average Bonchev–Trinajstić information content (AvgIpc) is 3.25. The standard InChI is InChI=1S/C20H21NO5S2/c1-11-4-6-12(7-5-11)27-10-15(22)21-18-17(20(24)26-3)16-13(19(23)25-2)8-9-14(16)28-18/h4-7,13H,8-10H2,1-3H3,(H,21,22). The normalized spacial score (nSPS) is 15.0. The Morgan fingerprint density at radius 1 is 1.18 bits per heavy atom. The lowest BCUT2D eigenvalue weighted by Crippen LogP contribution is -2.18. The predicted molar refractivity (Wildman–Crippen MR) is 109 cm³/mol. The molecule has 2 aromatic rings. The fraction of sp³-hybridized carbons (Fsp3) is 0.350. The molecule has 1 unspecified atom stereocenters. The smallest absolute Gasteiger partial charge is 0.341 e. The van der Waals surface area contributed by atoms with E-state index in [1.165, 1.54) is 37.3 Å². The summed E-state index contributed by atoms with van der Waals surface area (Å²) in [7, 11) is 2.61. The topological polar surface area (TPSA) is 81.7 Å². The number of methoxy groups -OCH3 is 2. The second-order valence-electron chi connectivity index (χ2n) is 6.40. The Labute approximate surface area is 171 Å². The van der Waals surface area contributed by atoms with Crippen LogP contribution in [0.2, 0.25) is 0 Å². The van der Waals surface area contributed by atoms with E-state index >= 15 is 0 Å². The maximum absolute atomic E-state index is 12.4. The van der Waals surface area contributed by atoms with Crippen molar-refractivity contribution in [3.63, 3.8) is 0 Å². The number of ether oxygens (including phenoxy) is 2. The van der Waals surface area contributed by atoms with Crippen LogP contribution in [-0.2, 0) is 25.5 Å². The summed E-state index contributed by atoms with van der Waals surface area (Å²) in [6.07, 6.45) is 1.26. The van der Waals surface area contributed by atoms with Gasteiger partial charge in [0.25, 0.3) is 0 Å². The van der Waals surface area contributed by atoms with Crippen LogP contribution in [0.3, 0.4) is 0 Å². The van der Waals surface area contributed by atoms with Gasteiger partial charge in [-0.2, -0.15) is 0 Å². The Bertz CT molecular complexity index is 904. The lowest BCUT2D eigenvalue weighted by atomic mass is 9.99. The van der Waals surface area contributed by atoms with E-state index < -0.39 is 11.9 Å². The molecule has 0 aliphatic heterocycles. The SMILES string of the molecule is COC(=O)c1c(NC(=O)CSc2ccc(C)cc2)sc2c1C(C(=O)OC)CC2. The highest BCUT2D eigenvalue weighted by Gasteiger charge is 2.38. The average molecular weight is 420 g/mol. The molecule has 28 heavy (non-hydrogen) atoms. The molecule has 6 nitrogen and oxygen atoms in total. The van der Waals surface area contributed by atoms with Gasteiger partial charge in [-0.05, 0) is 37.5 Å². The minimum absolute atomic E-state index is 0.215. The third-order valence-electron chi connectivity index (χ3n) is 4.55. The molecule has 0 saturated carbocycles. The molecule has 8 heteroatoms. The Morgan fingerprint density at radius 2 is 1.89 bits per heavy atom. The number of hydrogen-bond donors (Lipinski definition) is 1. The summed E-state index contributed by atoms with van der Waals surface area (Å²) in [6, 6.07) is 7.92. The summed E-state index contributed by atoms with van der Waals surface area (Å²) < 4.78 is 9.77. The zero-order valence-electron chi connectivity index (χ0n) is 15.9. The number of nitrogens with one attached hydrogen (secondary N) is 1. The van der Waals surface area contributed by atoms with Gasteiger partial charge in [0.05, 0.1) is 31.5 Å². The molecule has 1 aliphatic carbocycles. The maximum atomic E-state index is 12.4. The third kappa shape index (κ3) is 4.23. The van der Waals surface area contributed by atoms with Gasteiger partial charge in [-0.25, -0.2) is 4.79 Å². The molecule has 0 bridgehead atoms. The van der Waals surface area contributed by atoms with Crippen molar-refractivity contribution in [2.24, 2.45) is 0 Å². The first kappa shape index (κ1) is 20.4. The molecule has 0 spiro atoms. The molecule has 1 aromatic heterocycles. The van der Waals surface area contributed by atoms with Gasteiger partial charge in [-0.1, -0.05) is 17.7 Å². The minimum atomic E-state index is -0.560. The van der Waals surface area contributed by atoms with Crippen LogP contribution in [0, 0.1) is 6.92 Å². The number of hydrogen-bond acceptors (Lipinski definition) is 7. The molecule has 1 N–H and O–H groups in total. The van der Waals surface area contributed by atoms with Gasteiger partial charge in [0.1, 0.15) is 5.00 Å². The molecule has 1 atom stereocenters. The summed E-state index contributed by atoms with van der Waals surface area (Å²) in [5.41, 5.74) is 2.05. The number of amides is 1. The van der Waals surface area contributed by atoms with E-state index in [0.29, 0.717) is 23.4 Å². The van der Waals surface area contributed by atoms with Crippen molar-refractivity contribution < 1.29 is 23.9 Å². The second-order valence-corrected chi connectivity index (χ2v) is 8.55. The van der Waals surface area contributed by atoms with Crippen LogP contribution in [0.25, 0.3) is 0 Å². The summed E-state index contributed by atoms with van der Waals surface area (Å²) in [6.45, 7) is 2.01. The van der Waals surface area contributed by atoms with Crippen molar-refractivity contribution >= 4 is 45.9 Å². The van der Waals surface area contributed by atoms with Crippen LogP contribution in [0.1, 0.15) is 38.7 Å². The van der Waals surface area contributed by atoms with E-state index in [1.54, 1.807) is 0 Å². The summed E-state index contributed by atoms with van der Waals surface area (Å²) in [5, 5.41) is 3.25. The molecule has 0 fully saturated rings. The van der Waals surface area contributed by atoms with E-state index in [4.69, 9.17) is 9.47 Å². The largest absolute Gasteiger partial charge is 0.469 e. The zero-order valence-corrected chi connectivity index (χ0v) is 17.5. The van der Waals surface area contributed by atoms with Crippen molar-refractivity contribution in [2.75, 3.05) is 25.3 Å². The van der Waals surface area contributed by atoms with Gasteiger partial charge in [0, 0.05) is 9.77 Å². The number of thioether (sulfide) groups is 1. The number of thiophene rings is 1. The first-order chi connectivity index (χ1) is 13.4. The van der Waals surface area contributed by atoms with Crippen molar-refractivity contribution in [3.05, 3.63) is 45.8 Å². The van der Waals surface area contributed by atoms with Crippen LogP contribution in [0.4, 0.5) is 5.00 Å². The van der Waals surface area contributed by atoms with Gasteiger partial charge >= 0.3 is 11.9 Å². The highest BCUT2D eigenvalue weighted by molar-refractivity contribution is 8.00. The number of fused-ring (bicyclic) bond motifs is 1. The molecule has 0 saturated heterocycles. The molecular weight excluding hydrogens is 398 g/mol. The zero-order chi connectivity index (χ0) is 20.3. The van der Waals surface area contributed by atoms with Crippen LogP contribution in [0.5, 0.6) is 0 Å². The Morgan fingerprint density at radius 3 is 2.54 bits per heavy atom. The third-order valence-corrected chi connectivity index (χ3v) is 6.74. The molecule has 1 heterocycles. The van der Waals surface area contributed by atoms with Gasteiger partial charge in [-0.3, -0.25) is 9.59 Å². The second kappa shape index (κ2) is 8.79. The Hall–Kier alpha value is -2.32. The molecule has 0 radical (unpaired) electrons. The molecule has 1 amide bonds. The molecule has 1 aromatic carbocycles. The van der Waals surface area contributed by atoms with Crippen molar-refractivity contribution in [1.82, 2.24) is 0 Å². The van der Waals surface area contributed by atoms with Gasteiger partial charge < -0.3 is 14.8 Å². The first-order valence-electron chi connectivity index (χ1n) is 8.75. The maximum Gasteiger partial charge on any atom is 0.341 e. The van der Waals surface area contributed by atoms with Crippen molar-refractivity contribution in [1.29, 1.82) is 0 Å². The van der Waals surface area contributed by atoms with Gasteiger partial charge in [-0.15, -0.1) is 23.1 Å². The summed E-state index contributed by atoms with van der Waals surface area (Å²) in [4.78, 5) is 38.8. The number of aryl methyl sites for hydroxylation is 2. The lowest BCUT2D eigenvalue weighted by Gasteiger charge is -2.11. The van der Waals surface area contributed by atoms with Crippen molar-refractivity contribution in [3.8, 4) is 0 Å². The van der Waals surface area contributed by atoms with E-state index in [-0.39, 0.29) is 23.2 Å². The molecule has 148 valence electrons. The number of esters is 2. The molecule has 1 aliphatic rings. The summed E-state index contributed by atoms with van der Waals surface area (Å²) in [5.74, 6) is -1.44. The van der Waals surface area contributed by atoms with E-state index in [1.807, 2.05) is 31.2 Å². The van der Waals surface area contributed by atoms with Crippen LogP contribution in [0.15, 0.2) is 29.2 Å².